The van der Waals surface area contributed by atoms with Gasteiger partial charge in [0.1, 0.15) is 0 Å². The molecule has 1 rings (SSSR count). The van der Waals surface area contributed by atoms with E-state index in [0.717, 1.165) is 11.1 Å². The highest BCUT2D eigenvalue weighted by atomic mass is 16.1. The number of aryl methyl sites for hydroxylation is 2. The van der Waals surface area contributed by atoms with E-state index in [9.17, 15) is 9.59 Å². The van der Waals surface area contributed by atoms with Crippen molar-refractivity contribution in [3.8, 4) is 0 Å². The topological polar surface area (TPSA) is 60.2 Å². The molecular formula is C12H15NO2. The number of carbonyl (C=O) groups excluding carboxylic acids is 2. The lowest BCUT2D eigenvalue weighted by atomic mass is 9.99. The summed E-state index contributed by atoms with van der Waals surface area (Å²) in [5, 5.41) is 0. The predicted octanol–water partition coefficient (Wildman–Crippen LogP) is 1.75. The van der Waals surface area contributed by atoms with Crippen molar-refractivity contribution in [3.05, 3.63) is 34.9 Å². The molecule has 1 aromatic carbocycles. The molecule has 0 fully saturated rings. The van der Waals surface area contributed by atoms with E-state index in [-0.39, 0.29) is 18.6 Å². The van der Waals surface area contributed by atoms with Crippen molar-refractivity contribution < 1.29 is 9.59 Å². The molecule has 0 heterocycles. The van der Waals surface area contributed by atoms with E-state index in [4.69, 9.17) is 5.73 Å². The van der Waals surface area contributed by atoms with Gasteiger partial charge in [0.05, 0.1) is 0 Å². The van der Waals surface area contributed by atoms with E-state index in [1.807, 2.05) is 32.0 Å². The zero-order chi connectivity index (χ0) is 11.4. The molecule has 0 bridgehead atoms. The maximum atomic E-state index is 11.7. The molecule has 0 aliphatic carbocycles. The summed E-state index contributed by atoms with van der Waals surface area (Å²) >= 11 is 0. The number of Topliss-reactive ketones (excluding diaryl/α,β-unsaturated/α-hetero) is 1. The number of carbonyl (C=O) groups is 2. The normalized spacial score (nSPS) is 10.0. The molecule has 3 heteroatoms. The maximum Gasteiger partial charge on any atom is 0.217 e. The fourth-order valence-corrected chi connectivity index (χ4v) is 1.41. The quantitative estimate of drug-likeness (QED) is 0.761. The van der Waals surface area contributed by atoms with Crippen molar-refractivity contribution in [2.45, 2.75) is 26.7 Å². The summed E-state index contributed by atoms with van der Waals surface area (Å²) in [5.74, 6) is -0.455. The molecule has 0 saturated heterocycles. The molecule has 0 atom stereocenters. The van der Waals surface area contributed by atoms with Crippen LogP contribution in [0.15, 0.2) is 18.2 Å². The summed E-state index contributed by atoms with van der Waals surface area (Å²) in [5.41, 5.74) is 7.67. The monoisotopic (exact) mass is 205 g/mol. The molecule has 15 heavy (non-hydrogen) atoms. The van der Waals surface area contributed by atoms with E-state index in [1.54, 1.807) is 0 Å². The number of amides is 1. The lowest BCUT2D eigenvalue weighted by Crippen LogP contribution is -2.13. The Morgan fingerprint density at radius 3 is 2.47 bits per heavy atom. The third-order valence-electron chi connectivity index (χ3n) is 2.29. The minimum absolute atomic E-state index is 0.0185. The van der Waals surface area contributed by atoms with Gasteiger partial charge in [-0.25, -0.2) is 0 Å². The third-order valence-corrected chi connectivity index (χ3v) is 2.29. The number of hydrogen-bond acceptors (Lipinski definition) is 2. The van der Waals surface area contributed by atoms with Crippen LogP contribution in [0.25, 0.3) is 0 Å². The van der Waals surface area contributed by atoms with E-state index in [1.165, 1.54) is 0 Å². The smallest absolute Gasteiger partial charge is 0.217 e. The average Bonchev–Trinajstić information content (AvgIpc) is 2.18. The van der Waals surface area contributed by atoms with Crippen LogP contribution in [0.3, 0.4) is 0 Å². The first-order valence-electron chi connectivity index (χ1n) is 4.89. The highest BCUT2D eigenvalue weighted by molar-refractivity contribution is 5.99. The lowest BCUT2D eigenvalue weighted by molar-refractivity contribution is -0.118. The standard InChI is InChI=1S/C12H15NO2/c1-8-3-4-9(2)10(7-8)11(14)5-6-12(13)15/h3-4,7H,5-6H2,1-2H3,(H2,13,15). The molecule has 80 valence electrons. The zero-order valence-electron chi connectivity index (χ0n) is 9.04. The van der Waals surface area contributed by atoms with Crippen LogP contribution in [0.4, 0.5) is 0 Å². The molecule has 0 unspecified atom stereocenters. The Bertz CT molecular complexity index is 397. The lowest BCUT2D eigenvalue weighted by Gasteiger charge is -2.05. The Kier molecular flexibility index (Phi) is 3.61. The highest BCUT2D eigenvalue weighted by Crippen LogP contribution is 2.13. The summed E-state index contributed by atoms with van der Waals surface area (Å²) in [6.07, 6.45) is 0.311. The van der Waals surface area contributed by atoms with Gasteiger partial charge in [-0.1, -0.05) is 17.7 Å². The Morgan fingerprint density at radius 1 is 1.20 bits per heavy atom. The van der Waals surface area contributed by atoms with Crippen LogP contribution >= 0.6 is 0 Å². The highest BCUT2D eigenvalue weighted by Gasteiger charge is 2.10. The molecular weight excluding hydrogens is 190 g/mol. The summed E-state index contributed by atoms with van der Waals surface area (Å²) in [4.78, 5) is 22.3. The Hall–Kier alpha value is -1.64. The summed E-state index contributed by atoms with van der Waals surface area (Å²) in [7, 11) is 0. The number of benzene rings is 1. The number of ketones is 1. The van der Waals surface area contributed by atoms with Crippen LogP contribution < -0.4 is 5.73 Å². The van der Waals surface area contributed by atoms with Gasteiger partial charge in [-0.15, -0.1) is 0 Å². The largest absolute Gasteiger partial charge is 0.370 e. The zero-order valence-corrected chi connectivity index (χ0v) is 9.04. The fraction of sp³-hybridized carbons (Fsp3) is 0.333. The van der Waals surface area contributed by atoms with E-state index < -0.39 is 5.91 Å². The summed E-state index contributed by atoms with van der Waals surface area (Å²) < 4.78 is 0. The Morgan fingerprint density at radius 2 is 1.87 bits per heavy atom. The minimum atomic E-state index is -0.436. The summed E-state index contributed by atoms with van der Waals surface area (Å²) in [6, 6.07) is 5.71. The average molecular weight is 205 g/mol. The van der Waals surface area contributed by atoms with E-state index in [2.05, 4.69) is 0 Å². The SMILES string of the molecule is Cc1ccc(C)c(C(=O)CCC(N)=O)c1. The molecule has 0 spiro atoms. The van der Waals surface area contributed by atoms with Crippen molar-refractivity contribution in [1.82, 2.24) is 0 Å². The molecule has 1 amide bonds. The number of hydrogen-bond donors (Lipinski definition) is 1. The van der Waals surface area contributed by atoms with Crippen molar-refractivity contribution in [1.29, 1.82) is 0 Å². The molecule has 0 saturated carbocycles. The van der Waals surface area contributed by atoms with Gasteiger partial charge in [-0.05, 0) is 25.5 Å². The van der Waals surface area contributed by atoms with Gasteiger partial charge in [-0.3, -0.25) is 9.59 Å². The van der Waals surface area contributed by atoms with Crippen LogP contribution in [0.5, 0.6) is 0 Å². The van der Waals surface area contributed by atoms with Gasteiger partial charge < -0.3 is 5.73 Å². The molecule has 2 N–H and O–H groups in total. The summed E-state index contributed by atoms with van der Waals surface area (Å²) in [6.45, 7) is 3.82. The van der Waals surface area contributed by atoms with Crippen LogP contribution in [0.2, 0.25) is 0 Å². The van der Waals surface area contributed by atoms with Crippen molar-refractivity contribution in [2.75, 3.05) is 0 Å². The fourth-order valence-electron chi connectivity index (χ4n) is 1.41. The first kappa shape index (κ1) is 11.4. The second-order valence-corrected chi connectivity index (χ2v) is 3.71. The maximum absolute atomic E-state index is 11.7. The third kappa shape index (κ3) is 3.20. The molecule has 0 aromatic heterocycles. The van der Waals surface area contributed by atoms with Crippen LogP contribution in [-0.2, 0) is 4.79 Å². The predicted molar refractivity (Wildman–Crippen MR) is 58.7 cm³/mol. The van der Waals surface area contributed by atoms with Crippen LogP contribution in [0.1, 0.15) is 34.3 Å². The van der Waals surface area contributed by atoms with E-state index >= 15 is 0 Å². The van der Waals surface area contributed by atoms with Crippen LogP contribution in [0, 0.1) is 13.8 Å². The number of primary amides is 1. The minimum Gasteiger partial charge on any atom is -0.370 e. The Labute approximate surface area is 89.3 Å². The van der Waals surface area contributed by atoms with Gasteiger partial charge in [0.25, 0.3) is 0 Å². The van der Waals surface area contributed by atoms with Gasteiger partial charge in [0, 0.05) is 18.4 Å². The molecule has 0 radical (unpaired) electrons. The van der Waals surface area contributed by atoms with Gasteiger partial charge in [-0.2, -0.15) is 0 Å². The number of rotatable bonds is 4. The number of nitrogens with two attached hydrogens (primary N) is 1. The van der Waals surface area contributed by atoms with Gasteiger partial charge >= 0.3 is 0 Å². The van der Waals surface area contributed by atoms with Crippen molar-refractivity contribution in [2.24, 2.45) is 5.73 Å². The Balaban J connectivity index is 2.81. The molecule has 1 aromatic rings. The van der Waals surface area contributed by atoms with Gasteiger partial charge in [0.2, 0.25) is 5.91 Å². The molecule has 0 aliphatic heterocycles. The second kappa shape index (κ2) is 4.73. The second-order valence-electron chi connectivity index (χ2n) is 3.71. The van der Waals surface area contributed by atoms with Gasteiger partial charge in [0.15, 0.2) is 5.78 Å². The first-order chi connectivity index (χ1) is 7.00. The first-order valence-corrected chi connectivity index (χ1v) is 4.89. The molecule has 3 nitrogen and oxygen atoms in total. The van der Waals surface area contributed by atoms with Crippen molar-refractivity contribution in [3.63, 3.8) is 0 Å². The van der Waals surface area contributed by atoms with E-state index in [0.29, 0.717) is 5.56 Å². The van der Waals surface area contributed by atoms with Crippen molar-refractivity contribution >= 4 is 11.7 Å². The van der Waals surface area contributed by atoms with Crippen LogP contribution in [-0.4, -0.2) is 11.7 Å². The molecule has 0 aliphatic rings.